The van der Waals surface area contributed by atoms with E-state index >= 15 is 0 Å². The zero-order valence-corrected chi connectivity index (χ0v) is 14.5. The molecule has 1 fully saturated rings. The van der Waals surface area contributed by atoms with Gasteiger partial charge in [0.2, 0.25) is 0 Å². The highest BCUT2D eigenvalue weighted by atomic mass is 35.5. The molecule has 0 radical (unpaired) electrons. The zero-order chi connectivity index (χ0) is 15.3. The maximum Gasteiger partial charge on any atom is 0.252 e. The van der Waals surface area contributed by atoms with Crippen LogP contribution in [0.1, 0.15) is 12.8 Å². The van der Waals surface area contributed by atoms with E-state index in [0.29, 0.717) is 21.6 Å². The molecule has 1 aliphatic rings. The first-order chi connectivity index (χ1) is 10.0. The van der Waals surface area contributed by atoms with Crippen LogP contribution in [0.15, 0.2) is 16.3 Å². The van der Waals surface area contributed by atoms with Gasteiger partial charge in [0.15, 0.2) is 0 Å². The molecular weight excluding hydrogens is 332 g/mol. The number of ether oxygens (including phenoxy) is 1. The quantitative estimate of drug-likeness (QED) is 0.736. The number of hydrogen-bond acceptors (Lipinski definition) is 5. The van der Waals surface area contributed by atoms with Crippen molar-refractivity contribution in [1.29, 1.82) is 0 Å². The van der Waals surface area contributed by atoms with Gasteiger partial charge in [0.1, 0.15) is 4.21 Å². The molecule has 1 aromatic rings. The number of rotatable bonds is 6. The molecule has 0 amide bonds. The van der Waals surface area contributed by atoms with Crippen LogP contribution in [0.2, 0.25) is 4.34 Å². The van der Waals surface area contributed by atoms with Crippen LogP contribution in [0.25, 0.3) is 0 Å². The molecule has 120 valence electrons. The van der Waals surface area contributed by atoms with E-state index in [2.05, 4.69) is 4.90 Å². The minimum atomic E-state index is -3.40. The molecule has 2 rings (SSSR count). The van der Waals surface area contributed by atoms with Crippen molar-refractivity contribution in [1.82, 2.24) is 9.21 Å². The maximum atomic E-state index is 12.6. The third-order valence-electron chi connectivity index (χ3n) is 3.51. The van der Waals surface area contributed by atoms with Crippen molar-refractivity contribution in [3.05, 3.63) is 16.5 Å². The topological polar surface area (TPSA) is 49.9 Å². The summed E-state index contributed by atoms with van der Waals surface area (Å²) in [5, 5.41) is 0. The standard InChI is InChI=1S/C13H21ClN2O3S2/c1-19-11-3-7-15-6-2-8-16(10-9-15)21(17,18)13-5-4-12(14)20-13/h4-5H,2-3,6-11H2,1H3. The first kappa shape index (κ1) is 17.2. The molecule has 0 unspecified atom stereocenters. The van der Waals surface area contributed by atoms with Crippen molar-refractivity contribution in [2.75, 3.05) is 46.4 Å². The van der Waals surface area contributed by atoms with E-state index in [1.165, 1.54) is 0 Å². The smallest absolute Gasteiger partial charge is 0.252 e. The fraction of sp³-hybridized carbons (Fsp3) is 0.692. The van der Waals surface area contributed by atoms with Gasteiger partial charge < -0.3 is 9.64 Å². The summed E-state index contributed by atoms with van der Waals surface area (Å²) in [6, 6.07) is 3.22. The Morgan fingerprint density at radius 3 is 2.76 bits per heavy atom. The molecule has 0 N–H and O–H groups in total. The highest BCUT2D eigenvalue weighted by Crippen LogP contribution is 2.28. The Hall–Kier alpha value is -0.180. The van der Waals surface area contributed by atoms with E-state index in [-0.39, 0.29) is 0 Å². The van der Waals surface area contributed by atoms with Crippen LogP contribution in [0.4, 0.5) is 0 Å². The van der Waals surface area contributed by atoms with Crippen molar-refractivity contribution in [3.8, 4) is 0 Å². The Morgan fingerprint density at radius 2 is 2.10 bits per heavy atom. The van der Waals surface area contributed by atoms with Gasteiger partial charge in [-0.15, -0.1) is 11.3 Å². The lowest BCUT2D eigenvalue weighted by Crippen LogP contribution is -2.35. The molecule has 21 heavy (non-hydrogen) atoms. The Labute approximate surface area is 135 Å². The Kier molecular flexibility index (Phi) is 6.46. The van der Waals surface area contributed by atoms with E-state index in [4.69, 9.17) is 16.3 Å². The van der Waals surface area contributed by atoms with Crippen molar-refractivity contribution in [2.45, 2.75) is 17.1 Å². The highest BCUT2D eigenvalue weighted by Gasteiger charge is 2.28. The number of halogens is 1. The van der Waals surface area contributed by atoms with Gasteiger partial charge in [-0.25, -0.2) is 8.42 Å². The summed E-state index contributed by atoms with van der Waals surface area (Å²) in [6.45, 7) is 4.49. The van der Waals surface area contributed by atoms with E-state index in [9.17, 15) is 8.42 Å². The van der Waals surface area contributed by atoms with Crippen LogP contribution in [0.5, 0.6) is 0 Å². The van der Waals surface area contributed by atoms with Gasteiger partial charge in [0.05, 0.1) is 4.34 Å². The first-order valence-corrected chi connectivity index (χ1v) is 9.64. The SMILES string of the molecule is COCCCN1CCCN(S(=O)(=O)c2ccc(Cl)s2)CC1. The molecule has 0 aliphatic carbocycles. The molecule has 0 spiro atoms. The molecular formula is C13H21ClN2O3S2. The molecule has 5 nitrogen and oxygen atoms in total. The minimum absolute atomic E-state index is 0.334. The summed E-state index contributed by atoms with van der Waals surface area (Å²) in [5.41, 5.74) is 0. The van der Waals surface area contributed by atoms with E-state index < -0.39 is 10.0 Å². The lowest BCUT2D eigenvalue weighted by atomic mass is 10.3. The lowest BCUT2D eigenvalue weighted by Gasteiger charge is -2.21. The molecule has 0 aromatic carbocycles. The van der Waals surface area contributed by atoms with E-state index in [0.717, 1.165) is 50.4 Å². The van der Waals surface area contributed by atoms with Gasteiger partial charge >= 0.3 is 0 Å². The lowest BCUT2D eigenvalue weighted by molar-refractivity contribution is 0.173. The Bertz CT molecular complexity index is 547. The highest BCUT2D eigenvalue weighted by molar-refractivity contribution is 7.91. The predicted molar refractivity (Wildman–Crippen MR) is 85.6 cm³/mol. The van der Waals surface area contributed by atoms with Crippen LogP contribution >= 0.6 is 22.9 Å². The first-order valence-electron chi connectivity index (χ1n) is 7.01. The summed E-state index contributed by atoms with van der Waals surface area (Å²) < 4.78 is 32.6. The average Bonchev–Trinajstić information content (AvgIpc) is 2.75. The number of thiophene rings is 1. The second kappa shape index (κ2) is 7.89. The zero-order valence-electron chi connectivity index (χ0n) is 12.1. The molecule has 8 heteroatoms. The third kappa shape index (κ3) is 4.64. The molecule has 1 aromatic heterocycles. The number of hydrogen-bond donors (Lipinski definition) is 0. The van der Waals surface area contributed by atoms with Gasteiger partial charge in [-0.2, -0.15) is 4.31 Å². The van der Waals surface area contributed by atoms with E-state index in [1.807, 2.05) is 0 Å². The third-order valence-corrected chi connectivity index (χ3v) is 7.11. The van der Waals surface area contributed by atoms with Crippen molar-refractivity contribution < 1.29 is 13.2 Å². The molecule has 1 saturated heterocycles. The fourth-order valence-electron chi connectivity index (χ4n) is 2.41. The molecule has 0 atom stereocenters. The van der Waals surface area contributed by atoms with Crippen LogP contribution in [0.3, 0.4) is 0 Å². The maximum absolute atomic E-state index is 12.6. The number of sulfonamides is 1. The van der Waals surface area contributed by atoms with Gasteiger partial charge in [0.25, 0.3) is 10.0 Å². The largest absolute Gasteiger partial charge is 0.385 e. The predicted octanol–water partition coefficient (Wildman–Crippen LogP) is 2.13. The van der Waals surface area contributed by atoms with Crippen LogP contribution in [-0.2, 0) is 14.8 Å². The molecule has 2 heterocycles. The number of methoxy groups -OCH3 is 1. The summed E-state index contributed by atoms with van der Waals surface area (Å²) >= 11 is 6.97. The van der Waals surface area contributed by atoms with Crippen LogP contribution in [0, 0.1) is 0 Å². The molecule has 1 aliphatic heterocycles. The summed E-state index contributed by atoms with van der Waals surface area (Å²) in [6.07, 6.45) is 1.83. The van der Waals surface area contributed by atoms with Gasteiger partial charge in [-0.3, -0.25) is 0 Å². The summed E-state index contributed by atoms with van der Waals surface area (Å²) in [4.78, 5) is 2.30. The molecule has 0 bridgehead atoms. The average molecular weight is 353 g/mol. The Morgan fingerprint density at radius 1 is 1.29 bits per heavy atom. The molecule has 0 saturated carbocycles. The van der Waals surface area contributed by atoms with E-state index in [1.54, 1.807) is 23.5 Å². The second-order valence-corrected chi connectivity index (χ2v) is 8.88. The fourth-order valence-corrected chi connectivity index (χ4v) is 5.51. The van der Waals surface area contributed by atoms with Gasteiger partial charge in [-0.1, -0.05) is 11.6 Å². The minimum Gasteiger partial charge on any atom is -0.385 e. The van der Waals surface area contributed by atoms with Crippen molar-refractivity contribution in [3.63, 3.8) is 0 Å². The van der Waals surface area contributed by atoms with Crippen molar-refractivity contribution >= 4 is 33.0 Å². The van der Waals surface area contributed by atoms with Crippen LogP contribution < -0.4 is 0 Å². The summed E-state index contributed by atoms with van der Waals surface area (Å²) in [7, 11) is -1.70. The van der Waals surface area contributed by atoms with Gasteiger partial charge in [-0.05, 0) is 31.5 Å². The number of nitrogens with zero attached hydrogens (tertiary/aromatic N) is 2. The Balaban J connectivity index is 1.96. The summed E-state index contributed by atoms with van der Waals surface area (Å²) in [5.74, 6) is 0. The normalized spacial score (nSPS) is 18.8. The van der Waals surface area contributed by atoms with Gasteiger partial charge in [0, 0.05) is 39.9 Å². The van der Waals surface area contributed by atoms with Crippen LogP contribution in [-0.4, -0.2) is 64.1 Å². The monoisotopic (exact) mass is 352 g/mol. The second-order valence-electron chi connectivity index (χ2n) is 5.00. The van der Waals surface area contributed by atoms with Crippen molar-refractivity contribution in [2.24, 2.45) is 0 Å².